The largest absolute Gasteiger partial charge is 0.351 e. The van der Waals surface area contributed by atoms with Gasteiger partial charge in [-0.2, -0.15) is 0 Å². The van der Waals surface area contributed by atoms with Gasteiger partial charge in [0, 0.05) is 0 Å². The molecule has 0 aromatic rings. The lowest BCUT2D eigenvalue weighted by Gasteiger charge is -2.31. The Morgan fingerprint density at radius 1 is 1.17 bits per heavy atom. The van der Waals surface area contributed by atoms with Gasteiger partial charge in [-0.3, -0.25) is 0 Å². The van der Waals surface area contributed by atoms with Crippen molar-refractivity contribution in [1.82, 2.24) is 0 Å². The zero-order valence-corrected chi connectivity index (χ0v) is 9.81. The molecule has 0 fully saturated rings. The van der Waals surface area contributed by atoms with Crippen LogP contribution in [-0.2, 0) is 9.47 Å². The van der Waals surface area contributed by atoms with Crippen LogP contribution in [0.3, 0.4) is 0 Å². The van der Waals surface area contributed by atoms with Crippen LogP contribution in [0.5, 0.6) is 0 Å². The van der Waals surface area contributed by atoms with Gasteiger partial charge in [-0.15, -0.1) is 11.6 Å². The molecule has 0 unspecified atom stereocenters. The van der Waals surface area contributed by atoms with Crippen LogP contribution in [0.15, 0.2) is 0 Å². The van der Waals surface area contributed by atoms with Crippen molar-refractivity contribution in [2.75, 3.05) is 5.88 Å². The topological polar surface area (TPSA) is 18.5 Å². The standard InChI is InChI=1S/C8H16ClO2Si/c1-6(2)10-8(12,5-9)11-7(3)4/h6-7H,5H2,1-4H3. The Bertz CT molecular complexity index is 118. The Labute approximate surface area is 83.0 Å². The highest BCUT2D eigenvalue weighted by Crippen LogP contribution is 2.15. The SMILES string of the molecule is CC(C)OC([Si])(CCl)OC(C)C. The quantitative estimate of drug-likeness (QED) is 0.390. The van der Waals surface area contributed by atoms with Crippen LogP contribution in [0.4, 0.5) is 0 Å². The zero-order chi connectivity index (χ0) is 9.78. The van der Waals surface area contributed by atoms with E-state index in [4.69, 9.17) is 21.1 Å². The van der Waals surface area contributed by atoms with Crippen LogP contribution < -0.4 is 0 Å². The van der Waals surface area contributed by atoms with Gasteiger partial charge in [0.25, 0.3) is 0 Å². The average molecular weight is 208 g/mol. The van der Waals surface area contributed by atoms with E-state index in [1.54, 1.807) is 0 Å². The Hall–Kier alpha value is 0.427. The first-order valence-electron chi connectivity index (χ1n) is 4.06. The number of hydrogen-bond donors (Lipinski definition) is 0. The van der Waals surface area contributed by atoms with Crippen molar-refractivity contribution in [3.63, 3.8) is 0 Å². The second-order valence-corrected chi connectivity index (χ2v) is 4.25. The summed E-state index contributed by atoms with van der Waals surface area (Å²) in [6, 6.07) is 0. The van der Waals surface area contributed by atoms with E-state index in [0.29, 0.717) is 0 Å². The summed E-state index contributed by atoms with van der Waals surface area (Å²) in [5.41, 5.74) is -0.843. The monoisotopic (exact) mass is 207 g/mol. The average Bonchev–Trinajstić information content (AvgIpc) is 1.83. The van der Waals surface area contributed by atoms with Crippen molar-refractivity contribution < 1.29 is 9.47 Å². The smallest absolute Gasteiger partial charge is 0.158 e. The summed E-state index contributed by atoms with van der Waals surface area (Å²) in [6.45, 7) is 7.74. The second kappa shape index (κ2) is 5.22. The molecule has 12 heavy (non-hydrogen) atoms. The van der Waals surface area contributed by atoms with Gasteiger partial charge in [-0.05, 0) is 27.7 Å². The minimum atomic E-state index is -0.843. The summed E-state index contributed by atoms with van der Waals surface area (Å²) >= 11 is 5.70. The van der Waals surface area contributed by atoms with Gasteiger partial charge in [-0.25, -0.2) is 0 Å². The molecule has 0 heterocycles. The van der Waals surface area contributed by atoms with Gasteiger partial charge in [0.15, 0.2) is 5.41 Å². The van der Waals surface area contributed by atoms with Crippen molar-refractivity contribution in [2.24, 2.45) is 0 Å². The van der Waals surface area contributed by atoms with E-state index in [-0.39, 0.29) is 18.1 Å². The van der Waals surface area contributed by atoms with Gasteiger partial charge in [0.2, 0.25) is 0 Å². The molecule has 0 aliphatic heterocycles. The van der Waals surface area contributed by atoms with E-state index >= 15 is 0 Å². The fraction of sp³-hybridized carbons (Fsp3) is 1.00. The molecular weight excluding hydrogens is 192 g/mol. The maximum absolute atomic E-state index is 5.70. The second-order valence-electron chi connectivity index (χ2n) is 3.22. The summed E-state index contributed by atoms with van der Waals surface area (Å²) in [6.07, 6.45) is 0.167. The Morgan fingerprint density at radius 2 is 1.50 bits per heavy atom. The number of rotatable bonds is 5. The molecule has 0 saturated carbocycles. The number of halogens is 1. The van der Waals surface area contributed by atoms with Crippen molar-refractivity contribution in [1.29, 1.82) is 0 Å². The molecule has 71 valence electrons. The van der Waals surface area contributed by atoms with E-state index in [9.17, 15) is 0 Å². The minimum Gasteiger partial charge on any atom is -0.351 e. The third-order valence-electron chi connectivity index (χ3n) is 1.03. The minimum absolute atomic E-state index is 0.0833. The van der Waals surface area contributed by atoms with Crippen LogP contribution in [0.2, 0.25) is 0 Å². The molecule has 0 saturated heterocycles. The maximum Gasteiger partial charge on any atom is 0.158 e. The highest BCUT2D eigenvalue weighted by molar-refractivity contribution is 6.25. The molecule has 0 aromatic carbocycles. The van der Waals surface area contributed by atoms with E-state index in [1.165, 1.54) is 0 Å². The molecule has 0 spiro atoms. The third kappa shape index (κ3) is 5.14. The van der Waals surface area contributed by atoms with Gasteiger partial charge in [-0.1, -0.05) is 0 Å². The van der Waals surface area contributed by atoms with Gasteiger partial charge < -0.3 is 9.47 Å². The third-order valence-corrected chi connectivity index (χ3v) is 2.02. The lowest BCUT2D eigenvalue weighted by Crippen LogP contribution is -2.42. The fourth-order valence-electron chi connectivity index (χ4n) is 0.852. The fourth-order valence-corrected chi connectivity index (χ4v) is 1.45. The number of hydrogen-bond acceptors (Lipinski definition) is 2. The van der Waals surface area contributed by atoms with Crippen LogP contribution in [0.1, 0.15) is 27.7 Å². The highest BCUT2D eigenvalue weighted by Gasteiger charge is 2.27. The molecular formula is C8H16ClO2Si. The molecule has 4 heteroatoms. The van der Waals surface area contributed by atoms with E-state index in [2.05, 4.69) is 10.2 Å². The summed E-state index contributed by atoms with van der Waals surface area (Å²) < 4.78 is 10.9. The summed E-state index contributed by atoms with van der Waals surface area (Å²) in [5, 5.41) is 0. The van der Waals surface area contributed by atoms with E-state index in [1.807, 2.05) is 27.7 Å². The molecule has 3 radical (unpaired) electrons. The molecule has 0 aromatic heterocycles. The first kappa shape index (κ1) is 12.4. The molecule has 0 atom stereocenters. The number of ether oxygens (including phenoxy) is 2. The Balaban J connectivity index is 4.04. The predicted molar refractivity (Wildman–Crippen MR) is 51.6 cm³/mol. The van der Waals surface area contributed by atoms with Gasteiger partial charge in [0.05, 0.1) is 18.1 Å². The predicted octanol–water partition coefficient (Wildman–Crippen LogP) is 1.90. The summed E-state index contributed by atoms with van der Waals surface area (Å²) in [5.74, 6) is 0.264. The first-order valence-corrected chi connectivity index (χ1v) is 5.09. The lowest BCUT2D eigenvalue weighted by molar-refractivity contribution is -0.200. The van der Waals surface area contributed by atoms with Crippen LogP contribution >= 0.6 is 11.6 Å². The lowest BCUT2D eigenvalue weighted by atomic mass is 10.4. The van der Waals surface area contributed by atoms with Crippen molar-refractivity contribution >= 4 is 21.8 Å². The normalized spacial score (nSPS) is 13.0. The van der Waals surface area contributed by atoms with E-state index in [0.717, 1.165) is 0 Å². The van der Waals surface area contributed by atoms with E-state index < -0.39 is 5.41 Å². The molecule has 0 N–H and O–H groups in total. The maximum atomic E-state index is 5.70. The molecule has 0 aliphatic rings. The Morgan fingerprint density at radius 3 is 1.67 bits per heavy atom. The Kier molecular flexibility index (Phi) is 5.41. The summed E-state index contributed by atoms with van der Waals surface area (Å²) in [4.78, 5) is 0. The van der Waals surface area contributed by atoms with Crippen molar-refractivity contribution in [3.05, 3.63) is 0 Å². The molecule has 0 aliphatic carbocycles. The molecule has 2 nitrogen and oxygen atoms in total. The zero-order valence-electron chi connectivity index (χ0n) is 8.06. The van der Waals surface area contributed by atoms with Crippen molar-refractivity contribution in [2.45, 2.75) is 45.3 Å². The van der Waals surface area contributed by atoms with Crippen molar-refractivity contribution in [3.8, 4) is 0 Å². The first-order chi connectivity index (χ1) is 5.39. The van der Waals surface area contributed by atoms with Crippen LogP contribution in [0, 0.1) is 0 Å². The van der Waals surface area contributed by atoms with Crippen LogP contribution in [0.25, 0.3) is 0 Å². The van der Waals surface area contributed by atoms with Crippen LogP contribution in [-0.4, -0.2) is 33.7 Å². The molecule has 0 rings (SSSR count). The molecule has 0 bridgehead atoms. The summed E-state index contributed by atoms with van der Waals surface area (Å²) in [7, 11) is 3.36. The number of alkyl halides is 1. The van der Waals surface area contributed by atoms with Gasteiger partial charge >= 0.3 is 0 Å². The molecule has 0 amide bonds. The highest BCUT2D eigenvalue weighted by atomic mass is 35.5. The van der Waals surface area contributed by atoms with Gasteiger partial charge in [0.1, 0.15) is 10.2 Å².